The van der Waals surface area contributed by atoms with Crippen LogP contribution in [-0.2, 0) is 11.8 Å². The molecular weight excluding hydrogens is 412 g/mol. The normalized spacial score (nSPS) is 26.3. The molecule has 33 heavy (non-hydrogen) atoms. The highest BCUT2D eigenvalue weighted by atomic mass is 16.2. The number of aromatic amines is 1. The van der Waals surface area contributed by atoms with Gasteiger partial charge in [0.1, 0.15) is 5.69 Å². The highest BCUT2D eigenvalue weighted by Crippen LogP contribution is 2.56. The Morgan fingerprint density at radius 2 is 1.94 bits per heavy atom. The van der Waals surface area contributed by atoms with Crippen LogP contribution in [0.15, 0.2) is 30.7 Å². The van der Waals surface area contributed by atoms with Crippen LogP contribution in [0.3, 0.4) is 0 Å². The van der Waals surface area contributed by atoms with Crippen LogP contribution in [0.2, 0.25) is 0 Å². The fraction of sp³-hybridized carbons (Fsp3) is 0.538. The maximum Gasteiger partial charge on any atom is 0.320 e. The third-order valence-electron chi connectivity index (χ3n) is 8.88. The summed E-state index contributed by atoms with van der Waals surface area (Å²) < 4.78 is 0. The number of urea groups is 1. The molecule has 0 unspecified atom stereocenters. The van der Waals surface area contributed by atoms with Crippen LogP contribution in [0.1, 0.15) is 59.0 Å². The van der Waals surface area contributed by atoms with Gasteiger partial charge in [0.2, 0.25) is 0 Å². The summed E-state index contributed by atoms with van der Waals surface area (Å²) in [7, 11) is 0. The number of amides is 2. The summed E-state index contributed by atoms with van der Waals surface area (Å²) >= 11 is 0. The molecule has 2 saturated heterocycles. The van der Waals surface area contributed by atoms with Gasteiger partial charge in [0.15, 0.2) is 5.82 Å². The van der Waals surface area contributed by atoms with Gasteiger partial charge in [-0.2, -0.15) is 0 Å². The first-order valence-electron chi connectivity index (χ1n) is 12.2. The van der Waals surface area contributed by atoms with Crippen molar-refractivity contribution in [2.75, 3.05) is 19.6 Å². The highest BCUT2D eigenvalue weighted by molar-refractivity contribution is 5.82. The van der Waals surface area contributed by atoms with E-state index in [0.29, 0.717) is 0 Å². The maximum atomic E-state index is 13.6. The predicted octanol–water partition coefficient (Wildman–Crippen LogP) is 4.79. The minimum absolute atomic E-state index is 0. The van der Waals surface area contributed by atoms with Crippen molar-refractivity contribution in [1.82, 2.24) is 29.7 Å². The number of aromatic nitrogens is 4. The Bertz CT molecular complexity index is 1220. The molecule has 7 nitrogen and oxygen atoms in total. The van der Waals surface area contributed by atoms with Gasteiger partial charge in [-0.05, 0) is 60.8 Å². The molecule has 7 heteroatoms. The van der Waals surface area contributed by atoms with Gasteiger partial charge in [-0.1, -0.05) is 20.8 Å². The molecule has 3 aromatic rings. The first-order chi connectivity index (χ1) is 15.9. The highest BCUT2D eigenvalue weighted by Gasteiger charge is 2.57. The Balaban J connectivity index is 0.00000241. The average Bonchev–Trinajstić information content (AvgIpc) is 3.25. The molecule has 1 aliphatic carbocycles. The van der Waals surface area contributed by atoms with E-state index in [0.717, 1.165) is 67.9 Å². The van der Waals surface area contributed by atoms with Crippen LogP contribution in [0, 0.1) is 5.41 Å². The van der Waals surface area contributed by atoms with Gasteiger partial charge >= 0.3 is 6.03 Å². The minimum Gasteiger partial charge on any atom is -0.337 e. The van der Waals surface area contributed by atoms with Crippen molar-refractivity contribution in [2.45, 2.75) is 64.3 Å². The molecule has 1 aromatic carbocycles. The van der Waals surface area contributed by atoms with Gasteiger partial charge in [0.25, 0.3) is 0 Å². The topological polar surface area (TPSA) is 78.0 Å². The van der Waals surface area contributed by atoms with Gasteiger partial charge in [-0.3, -0.25) is 4.98 Å². The number of hydrogen-bond donors (Lipinski definition) is 1. The lowest BCUT2D eigenvalue weighted by Gasteiger charge is -2.61. The van der Waals surface area contributed by atoms with E-state index in [4.69, 9.17) is 4.98 Å². The summed E-state index contributed by atoms with van der Waals surface area (Å²) in [6.45, 7) is 9.73. The molecule has 6 rings (SSSR count). The molecule has 3 aliphatic rings. The number of carbonyl (C=O) groups is 1. The molecule has 0 spiro atoms. The molecular formula is C26H34N6O. The summed E-state index contributed by atoms with van der Waals surface area (Å²) in [5.41, 5.74) is 5.42. The molecule has 0 saturated carbocycles. The minimum atomic E-state index is -0.0264. The lowest BCUT2D eigenvalue weighted by atomic mass is 9.51. The summed E-state index contributed by atoms with van der Waals surface area (Å²) in [4.78, 5) is 34.7. The number of fused-ring (bicyclic) bond motifs is 5. The van der Waals surface area contributed by atoms with E-state index in [1.54, 1.807) is 18.6 Å². The second kappa shape index (κ2) is 7.27. The number of likely N-dealkylation sites (tertiary alicyclic amines) is 2. The van der Waals surface area contributed by atoms with Gasteiger partial charge in [0.05, 0.1) is 17.2 Å². The Morgan fingerprint density at radius 3 is 2.70 bits per heavy atom. The van der Waals surface area contributed by atoms with E-state index < -0.39 is 0 Å². The van der Waals surface area contributed by atoms with E-state index in [1.807, 2.05) is 0 Å². The lowest BCUT2D eigenvalue weighted by Crippen LogP contribution is -2.66. The van der Waals surface area contributed by atoms with E-state index in [-0.39, 0.29) is 24.3 Å². The zero-order chi connectivity index (χ0) is 22.8. The summed E-state index contributed by atoms with van der Waals surface area (Å²) in [5, 5.41) is 0. The monoisotopic (exact) mass is 446 g/mol. The molecule has 2 aliphatic heterocycles. The Morgan fingerprint density at radius 1 is 1.12 bits per heavy atom. The Labute approximate surface area is 196 Å². The molecule has 4 heterocycles. The Hall–Kier alpha value is -2.96. The summed E-state index contributed by atoms with van der Waals surface area (Å²) in [5.74, 6) is 0.745. The first-order valence-corrected chi connectivity index (χ1v) is 12.2. The van der Waals surface area contributed by atoms with Crippen LogP contribution in [0.4, 0.5) is 4.79 Å². The third kappa shape index (κ3) is 3.01. The zero-order valence-electron chi connectivity index (χ0n) is 19.8. The predicted molar refractivity (Wildman–Crippen MR) is 130 cm³/mol. The standard InChI is InChI=1S/C26H32N6O.H2/c1-25(2)22-14-17-13-19-20(30-23(29-19)21-16-27-8-9-28-21)15-18(17)26(25,3)7-12-32(22)24(33)31-10-5-4-6-11-31;/h8-9,13,15-16,22H,4-7,10-12,14H2,1-3H3,(H,29,30);1H/t22-,26+;/m1./s1. The van der Waals surface area contributed by atoms with Gasteiger partial charge in [-0.25, -0.2) is 14.8 Å². The van der Waals surface area contributed by atoms with Crippen molar-refractivity contribution in [3.05, 3.63) is 41.9 Å². The number of carbonyl (C=O) groups excluding carboxylic acids is 1. The first kappa shape index (κ1) is 20.6. The quantitative estimate of drug-likeness (QED) is 0.583. The van der Waals surface area contributed by atoms with Crippen molar-refractivity contribution < 1.29 is 6.22 Å². The van der Waals surface area contributed by atoms with E-state index in [9.17, 15) is 4.79 Å². The SMILES string of the molecule is CC1(C)[C@H]2Cc3cc4[nH]c(-c5cnccn5)nc4cc3[C@]1(C)CCN2C(=O)N1CCCCC1.[HH]. The number of rotatable bonds is 1. The summed E-state index contributed by atoms with van der Waals surface area (Å²) in [6, 6.07) is 4.97. The number of H-pyrrole nitrogens is 1. The van der Waals surface area contributed by atoms with Crippen LogP contribution >= 0.6 is 0 Å². The van der Waals surface area contributed by atoms with Crippen molar-refractivity contribution in [1.29, 1.82) is 0 Å². The zero-order valence-corrected chi connectivity index (χ0v) is 19.8. The second-order valence-electron chi connectivity index (χ2n) is 10.7. The second-order valence-corrected chi connectivity index (χ2v) is 10.7. The molecule has 2 bridgehead atoms. The van der Waals surface area contributed by atoms with E-state index >= 15 is 0 Å². The fourth-order valence-electron chi connectivity index (χ4n) is 6.46. The van der Waals surface area contributed by atoms with Crippen LogP contribution in [0.25, 0.3) is 22.6 Å². The smallest absolute Gasteiger partial charge is 0.320 e. The average molecular weight is 447 g/mol. The molecule has 1 N–H and O–H groups in total. The van der Waals surface area contributed by atoms with Crippen LogP contribution in [0.5, 0.6) is 0 Å². The third-order valence-corrected chi connectivity index (χ3v) is 8.88. The Kier molecular flexibility index (Phi) is 4.55. The number of nitrogens with one attached hydrogen (secondary N) is 1. The number of nitrogens with zero attached hydrogens (tertiary/aromatic N) is 5. The number of benzene rings is 1. The summed E-state index contributed by atoms with van der Waals surface area (Å²) in [6.07, 6.45) is 10.4. The number of piperidine rings is 2. The van der Waals surface area contributed by atoms with Crippen molar-refractivity contribution in [3.8, 4) is 11.5 Å². The molecule has 0 radical (unpaired) electrons. The fourth-order valence-corrected chi connectivity index (χ4v) is 6.46. The van der Waals surface area contributed by atoms with E-state index in [2.05, 4.69) is 57.7 Å². The number of hydrogen-bond acceptors (Lipinski definition) is 4. The largest absolute Gasteiger partial charge is 0.337 e. The van der Waals surface area contributed by atoms with Crippen molar-refractivity contribution in [3.63, 3.8) is 0 Å². The van der Waals surface area contributed by atoms with Gasteiger partial charge < -0.3 is 14.8 Å². The van der Waals surface area contributed by atoms with Crippen molar-refractivity contribution in [2.24, 2.45) is 5.41 Å². The maximum absolute atomic E-state index is 13.6. The molecule has 2 aromatic heterocycles. The molecule has 2 amide bonds. The van der Waals surface area contributed by atoms with E-state index in [1.165, 1.54) is 17.5 Å². The molecule has 2 fully saturated rings. The van der Waals surface area contributed by atoms with Crippen LogP contribution < -0.4 is 0 Å². The van der Waals surface area contributed by atoms with Crippen molar-refractivity contribution >= 4 is 17.1 Å². The van der Waals surface area contributed by atoms with Crippen LogP contribution in [-0.4, -0.2) is 61.4 Å². The lowest BCUT2D eigenvalue weighted by molar-refractivity contribution is -0.0241. The van der Waals surface area contributed by atoms with Gasteiger partial charge in [-0.15, -0.1) is 0 Å². The van der Waals surface area contributed by atoms with Gasteiger partial charge in [0, 0.05) is 44.9 Å². The number of imidazole rings is 1. The molecule has 2 atom stereocenters. The molecule has 174 valence electrons.